The Morgan fingerprint density at radius 1 is 1.15 bits per heavy atom. The van der Waals surface area contributed by atoms with Gasteiger partial charge in [0.2, 0.25) is 0 Å². The highest BCUT2D eigenvalue weighted by atomic mass is 16.5. The smallest absolute Gasteiger partial charge is 0.126 e. The molecule has 0 spiro atoms. The number of aliphatic hydroxyl groups excluding tert-OH is 1. The number of benzene rings is 1. The summed E-state index contributed by atoms with van der Waals surface area (Å²) in [5.74, 6) is 1.87. The van der Waals surface area contributed by atoms with E-state index in [1.54, 1.807) is 55.7 Å². The molecule has 108 valence electrons. The molecule has 2 aromatic rings. The van der Waals surface area contributed by atoms with E-state index in [2.05, 4.69) is 4.98 Å². The Morgan fingerprint density at radius 3 is 2.35 bits per heavy atom. The van der Waals surface area contributed by atoms with Crippen molar-refractivity contribution in [2.75, 3.05) is 20.8 Å². The van der Waals surface area contributed by atoms with Crippen LogP contribution in [0.4, 0.5) is 0 Å². The van der Waals surface area contributed by atoms with Gasteiger partial charge >= 0.3 is 0 Å². The minimum atomic E-state index is -0.624. The van der Waals surface area contributed by atoms with E-state index in [0.717, 1.165) is 0 Å². The predicted octanol–water partition coefficient (Wildman–Crippen LogP) is 1.34. The van der Waals surface area contributed by atoms with Gasteiger partial charge in [0.15, 0.2) is 0 Å². The molecule has 0 bridgehead atoms. The molecule has 20 heavy (non-hydrogen) atoms. The summed E-state index contributed by atoms with van der Waals surface area (Å²) in [7, 11) is 3.15. The zero-order valence-electron chi connectivity index (χ0n) is 11.5. The van der Waals surface area contributed by atoms with Crippen molar-refractivity contribution in [2.24, 2.45) is 0 Å². The zero-order chi connectivity index (χ0) is 14.4. The maximum Gasteiger partial charge on any atom is 0.126 e. The second-order valence-electron chi connectivity index (χ2n) is 4.27. The van der Waals surface area contributed by atoms with Crippen molar-refractivity contribution in [3.8, 4) is 17.2 Å². The number of ether oxygens (including phenoxy) is 3. The highest BCUT2D eigenvalue weighted by Gasteiger charge is 2.08. The summed E-state index contributed by atoms with van der Waals surface area (Å²) in [6.07, 6.45) is 4.48. The number of imidazole rings is 1. The number of methoxy groups -OCH3 is 2. The highest BCUT2D eigenvalue weighted by molar-refractivity contribution is 5.41. The largest absolute Gasteiger partial charge is 0.496 e. The van der Waals surface area contributed by atoms with Crippen LogP contribution in [0.1, 0.15) is 0 Å². The lowest BCUT2D eigenvalue weighted by Crippen LogP contribution is -2.23. The first kappa shape index (κ1) is 14.2. The molecule has 1 aromatic heterocycles. The molecule has 0 saturated heterocycles. The summed E-state index contributed by atoms with van der Waals surface area (Å²) in [4.78, 5) is 3.92. The van der Waals surface area contributed by atoms with Gasteiger partial charge in [0.05, 0.1) is 27.1 Å². The van der Waals surface area contributed by atoms with Gasteiger partial charge in [-0.1, -0.05) is 0 Å². The molecule has 0 aliphatic rings. The Kier molecular flexibility index (Phi) is 4.84. The lowest BCUT2D eigenvalue weighted by atomic mass is 10.3. The number of hydrogen-bond donors (Lipinski definition) is 1. The normalized spacial score (nSPS) is 11.9. The molecular formula is C14H18N2O4. The van der Waals surface area contributed by atoms with Crippen LogP contribution in [0.3, 0.4) is 0 Å². The SMILES string of the molecule is COc1cc(OC)cc(OC[C@H](O)Cn2ccnc2)c1. The fourth-order valence-corrected chi connectivity index (χ4v) is 1.75. The van der Waals surface area contributed by atoms with Gasteiger partial charge in [-0.05, 0) is 0 Å². The molecule has 0 saturated carbocycles. The Morgan fingerprint density at radius 2 is 1.80 bits per heavy atom. The summed E-state index contributed by atoms with van der Waals surface area (Å²) in [6, 6.07) is 5.24. The third kappa shape index (κ3) is 3.89. The minimum absolute atomic E-state index is 0.175. The van der Waals surface area contributed by atoms with Crippen LogP contribution in [0.15, 0.2) is 36.9 Å². The van der Waals surface area contributed by atoms with Crippen LogP contribution >= 0.6 is 0 Å². The number of aliphatic hydroxyl groups is 1. The third-order valence-electron chi connectivity index (χ3n) is 2.75. The highest BCUT2D eigenvalue weighted by Crippen LogP contribution is 2.27. The van der Waals surface area contributed by atoms with Crippen molar-refractivity contribution in [3.05, 3.63) is 36.9 Å². The topological polar surface area (TPSA) is 65.7 Å². The van der Waals surface area contributed by atoms with Crippen molar-refractivity contribution in [1.82, 2.24) is 9.55 Å². The number of aromatic nitrogens is 2. The lowest BCUT2D eigenvalue weighted by molar-refractivity contribution is 0.0922. The van der Waals surface area contributed by atoms with Crippen LogP contribution in [-0.4, -0.2) is 41.6 Å². The van der Waals surface area contributed by atoms with Crippen molar-refractivity contribution in [1.29, 1.82) is 0 Å². The van der Waals surface area contributed by atoms with Gasteiger partial charge in [-0.25, -0.2) is 4.98 Å². The van der Waals surface area contributed by atoms with Gasteiger partial charge in [0.1, 0.15) is 30.0 Å². The van der Waals surface area contributed by atoms with Crippen molar-refractivity contribution in [3.63, 3.8) is 0 Å². The van der Waals surface area contributed by atoms with Gasteiger partial charge < -0.3 is 23.9 Å². The zero-order valence-corrected chi connectivity index (χ0v) is 11.5. The van der Waals surface area contributed by atoms with E-state index in [9.17, 15) is 5.11 Å². The van der Waals surface area contributed by atoms with Crippen LogP contribution in [0.5, 0.6) is 17.2 Å². The Balaban J connectivity index is 1.92. The molecule has 1 atom stereocenters. The maximum absolute atomic E-state index is 9.90. The Hall–Kier alpha value is -2.21. The van der Waals surface area contributed by atoms with Gasteiger partial charge in [0.25, 0.3) is 0 Å². The Labute approximate surface area is 117 Å². The first-order chi connectivity index (χ1) is 9.71. The molecule has 0 unspecified atom stereocenters. The second-order valence-corrected chi connectivity index (χ2v) is 4.27. The standard InChI is InChI=1S/C14H18N2O4/c1-18-12-5-13(19-2)7-14(6-12)20-9-11(17)8-16-4-3-15-10-16/h3-7,10-11,17H,8-9H2,1-2H3/t11-/m1/s1. The monoisotopic (exact) mass is 278 g/mol. The number of hydrogen-bond acceptors (Lipinski definition) is 5. The van der Waals surface area contributed by atoms with Gasteiger partial charge in [-0.2, -0.15) is 0 Å². The molecule has 0 aliphatic heterocycles. The fourth-order valence-electron chi connectivity index (χ4n) is 1.75. The predicted molar refractivity (Wildman–Crippen MR) is 73.3 cm³/mol. The quantitative estimate of drug-likeness (QED) is 0.828. The van der Waals surface area contributed by atoms with Crippen LogP contribution in [-0.2, 0) is 6.54 Å². The summed E-state index contributed by atoms with van der Waals surface area (Å²) < 4.78 is 17.7. The molecule has 0 radical (unpaired) electrons. The number of nitrogens with zero attached hydrogens (tertiary/aromatic N) is 2. The molecule has 1 N–H and O–H groups in total. The fraction of sp³-hybridized carbons (Fsp3) is 0.357. The van der Waals surface area contributed by atoms with E-state index in [0.29, 0.717) is 23.8 Å². The van der Waals surface area contributed by atoms with E-state index in [1.165, 1.54) is 0 Å². The molecule has 1 aromatic carbocycles. The summed E-state index contributed by atoms with van der Waals surface area (Å²) >= 11 is 0. The first-order valence-electron chi connectivity index (χ1n) is 6.21. The summed E-state index contributed by atoms with van der Waals surface area (Å²) in [6.45, 7) is 0.607. The van der Waals surface area contributed by atoms with Crippen LogP contribution < -0.4 is 14.2 Å². The van der Waals surface area contributed by atoms with E-state index in [1.807, 2.05) is 0 Å². The third-order valence-corrected chi connectivity index (χ3v) is 2.75. The Bertz CT molecular complexity index is 506. The summed E-state index contributed by atoms with van der Waals surface area (Å²) in [5.41, 5.74) is 0. The molecular weight excluding hydrogens is 260 g/mol. The average Bonchev–Trinajstić information content (AvgIpc) is 2.97. The van der Waals surface area contributed by atoms with Crippen molar-refractivity contribution < 1.29 is 19.3 Å². The van der Waals surface area contributed by atoms with E-state index in [-0.39, 0.29) is 6.61 Å². The molecule has 0 amide bonds. The van der Waals surface area contributed by atoms with Crippen molar-refractivity contribution in [2.45, 2.75) is 12.6 Å². The average molecular weight is 278 g/mol. The van der Waals surface area contributed by atoms with Crippen LogP contribution in [0.2, 0.25) is 0 Å². The van der Waals surface area contributed by atoms with Crippen molar-refractivity contribution >= 4 is 0 Å². The number of rotatable bonds is 7. The molecule has 1 heterocycles. The minimum Gasteiger partial charge on any atom is -0.496 e. The van der Waals surface area contributed by atoms with Crippen LogP contribution in [0.25, 0.3) is 0 Å². The van der Waals surface area contributed by atoms with E-state index in [4.69, 9.17) is 14.2 Å². The molecule has 6 heteroatoms. The molecule has 6 nitrogen and oxygen atoms in total. The molecule has 0 fully saturated rings. The molecule has 0 aliphatic carbocycles. The second kappa shape index (κ2) is 6.81. The van der Waals surface area contributed by atoms with Crippen LogP contribution in [0, 0.1) is 0 Å². The van der Waals surface area contributed by atoms with Gasteiger partial charge in [-0.3, -0.25) is 0 Å². The van der Waals surface area contributed by atoms with Gasteiger partial charge in [-0.15, -0.1) is 0 Å². The first-order valence-corrected chi connectivity index (χ1v) is 6.21. The maximum atomic E-state index is 9.90. The van der Waals surface area contributed by atoms with E-state index >= 15 is 0 Å². The van der Waals surface area contributed by atoms with Gasteiger partial charge in [0, 0.05) is 30.6 Å². The molecule has 2 rings (SSSR count). The summed E-state index contributed by atoms with van der Waals surface area (Å²) in [5, 5.41) is 9.90. The lowest BCUT2D eigenvalue weighted by Gasteiger charge is -2.14. The van der Waals surface area contributed by atoms with E-state index < -0.39 is 6.10 Å².